The van der Waals surface area contributed by atoms with E-state index in [4.69, 9.17) is 4.74 Å². The summed E-state index contributed by atoms with van der Waals surface area (Å²) in [5.74, 6) is 0.435. The van der Waals surface area contributed by atoms with Crippen LogP contribution < -0.4 is 10.9 Å². The number of thiophene rings is 1. The summed E-state index contributed by atoms with van der Waals surface area (Å²) in [6, 6.07) is 0. The lowest BCUT2D eigenvalue weighted by Crippen LogP contribution is -2.31. The van der Waals surface area contributed by atoms with Gasteiger partial charge in [0.05, 0.1) is 22.9 Å². The van der Waals surface area contributed by atoms with Crippen LogP contribution >= 0.6 is 11.3 Å². The zero-order valence-corrected chi connectivity index (χ0v) is 15.0. The Hall–Kier alpha value is -1.77. The molecule has 0 aliphatic carbocycles. The minimum atomic E-state index is -0.191. The third-order valence-corrected chi connectivity index (χ3v) is 5.22. The molecule has 1 saturated heterocycles. The number of carbonyl (C=O) groups is 1. The topological polar surface area (TPSA) is 87.3 Å². The van der Waals surface area contributed by atoms with Crippen molar-refractivity contribution in [2.24, 2.45) is 0 Å². The maximum atomic E-state index is 12.5. The fraction of sp³-hybridized carbons (Fsp3) is 0.562. The van der Waals surface area contributed by atoms with Gasteiger partial charge in [-0.2, -0.15) is 0 Å². The highest BCUT2D eigenvalue weighted by atomic mass is 32.1. The van der Waals surface area contributed by atoms with E-state index in [0.29, 0.717) is 39.6 Å². The molecule has 3 rings (SSSR count). The zero-order chi connectivity index (χ0) is 17.3. The summed E-state index contributed by atoms with van der Waals surface area (Å²) in [6.07, 6.45) is 2.11. The first kappa shape index (κ1) is 17.1. The highest BCUT2D eigenvalue weighted by Gasteiger charge is 2.21. The Morgan fingerprint density at radius 3 is 2.96 bits per heavy atom. The van der Waals surface area contributed by atoms with Crippen LogP contribution in [0.15, 0.2) is 4.79 Å². The van der Waals surface area contributed by atoms with Gasteiger partial charge in [-0.05, 0) is 39.4 Å². The van der Waals surface area contributed by atoms with Crippen LogP contribution in [0, 0.1) is 6.92 Å². The SMILES string of the molecule is Cc1c(C(=O)NCC2CCCO2)sc2nc(CN(C)C)[nH]c(=O)c12. The van der Waals surface area contributed by atoms with Gasteiger partial charge >= 0.3 is 0 Å². The molecule has 7 nitrogen and oxygen atoms in total. The second kappa shape index (κ2) is 7.00. The quantitative estimate of drug-likeness (QED) is 0.848. The Labute approximate surface area is 144 Å². The van der Waals surface area contributed by atoms with E-state index in [-0.39, 0.29) is 17.6 Å². The molecule has 1 fully saturated rings. The molecule has 0 radical (unpaired) electrons. The van der Waals surface area contributed by atoms with Crippen LogP contribution in [0.2, 0.25) is 0 Å². The third kappa shape index (κ3) is 3.50. The predicted octanol–water partition coefficient (Wildman–Crippen LogP) is 1.26. The van der Waals surface area contributed by atoms with E-state index in [2.05, 4.69) is 15.3 Å². The van der Waals surface area contributed by atoms with Crippen molar-refractivity contribution in [2.75, 3.05) is 27.2 Å². The number of hydrogen-bond donors (Lipinski definition) is 2. The molecule has 1 aliphatic rings. The molecule has 3 heterocycles. The van der Waals surface area contributed by atoms with Crippen molar-refractivity contribution in [1.29, 1.82) is 0 Å². The number of nitrogens with zero attached hydrogens (tertiary/aromatic N) is 2. The average Bonchev–Trinajstić information content (AvgIpc) is 3.12. The molecule has 1 amide bonds. The van der Waals surface area contributed by atoms with E-state index in [1.807, 2.05) is 19.0 Å². The molecule has 2 N–H and O–H groups in total. The Kier molecular flexibility index (Phi) is 4.98. The second-order valence-electron chi connectivity index (χ2n) is 6.33. The number of aryl methyl sites for hydroxylation is 1. The van der Waals surface area contributed by atoms with Crippen molar-refractivity contribution in [2.45, 2.75) is 32.4 Å². The molecule has 2 aromatic rings. The van der Waals surface area contributed by atoms with Gasteiger partial charge in [0.25, 0.3) is 11.5 Å². The van der Waals surface area contributed by atoms with E-state index >= 15 is 0 Å². The number of carbonyl (C=O) groups excluding carboxylic acids is 1. The maximum absolute atomic E-state index is 12.5. The normalized spacial score (nSPS) is 17.8. The van der Waals surface area contributed by atoms with Crippen molar-refractivity contribution in [3.05, 3.63) is 26.6 Å². The summed E-state index contributed by atoms with van der Waals surface area (Å²) in [7, 11) is 3.82. The van der Waals surface area contributed by atoms with Crippen molar-refractivity contribution in [3.63, 3.8) is 0 Å². The standard InChI is InChI=1S/C16H22N4O3S/c1-9-12-14(21)18-11(8-20(2)3)19-16(12)24-13(9)15(22)17-7-10-5-4-6-23-10/h10H,4-8H2,1-3H3,(H,17,22)(H,18,19,21). The summed E-state index contributed by atoms with van der Waals surface area (Å²) in [4.78, 5) is 35.2. The van der Waals surface area contributed by atoms with Crippen LogP contribution in [0.1, 0.15) is 33.9 Å². The summed E-state index contributed by atoms with van der Waals surface area (Å²) in [5.41, 5.74) is 0.494. The first-order valence-electron chi connectivity index (χ1n) is 8.02. The molecule has 1 atom stereocenters. The summed E-state index contributed by atoms with van der Waals surface area (Å²) in [6.45, 7) is 3.60. The van der Waals surface area contributed by atoms with Gasteiger partial charge < -0.3 is 19.9 Å². The number of aromatic amines is 1. The van der Waals surface area contributed by atoms with Gasteiger partial charge in [-0.15, -0.1) is 11.3 Å². The minimum absolute atomic E-state index is 0.0943. The van der Waals surface area contributed by atoms with Gasteiger partial charge in [0.2, 0.25) is 0 Å². The van der Waals surface area contributed by atoms with Crippen LogP contribution in [0.5, 0.6) is 0 Å². The molecule has 8 heteroatoms. The molecule has 0 aromatic carbocycles. The lowest BCUT2D eigenvalue weighted by Gasteiger charge is -2.10. The number of aromatic nitrogens is 2. The number of nitrogens with one attached hydrogen (secondary N) is 2. The van der Waals surface area contributed by atoms with Crippen molar-refractivity contribution in [1.82, 2.24) is 20.2 Å². The van der Waals surface area contributed by atoms with Crippen molar-refractivity contribution in [3.8, 4) is 0 Å². The van der Waals surface area contributed by atoms with Crippen LogP contribution in [0.25, 0.3) is 10.2 Å². The fourth-order valence-electron chi connectivity index (χ4n) is 2.87. The molecule has 130 valence electrons. The Balaban J connectivity index is 1.85. The molecular weight excluding hydrogens is 328 g/mol. The third-order valence-electron chi connectivity index (χ3n) is 4.04. The Morgan fingerprint density at radius 1 is 1.50 bits per heavy atom. The molecule has 1 unspecified atom stereocenters. The highest BCUT2D eigenvalue weighted by molar-refractivity contribution is 7.20. The van der Waals surface area contributed by atoms with Gasteiger partial charge in [0.1, 0.15) is 10.7 Å². The first-order valence-corrected chi connectivity index (χ1v) is 8.84. The molecular formula is C16H22N4O3S. The van der Waals surface area contributed by atoms with Crippen LogP contribution in [-0.4, -0.2) is 54.1 Å². The first-order chi connectivity index (χ1) is 11.5. The van der Waals surface area contributed by atoms with E-state index in [0.717, 1.165) is 19.4 Å². The van der Waals surface area contributed by atoms with Gasteiger partial charge in [0.15, 0.2) is 0 Å². The summed E-state index contributed by atoms with van der Waals surface area (Å²) in [5, 5.41) is 3.41. The number of hydrogen-bond acceptors (Lipinski definition) is 6. The number of amides is 1. The van der Waals surface area contributed by atoms with E-state index in [1.54, 1.807) is 6.92 Å². The number of fused-ring (bicyclic) bond motifs is 1. The van der Waals surface area contributed by atoms with Crippen LogP contribution in [0.4, 0.5) is 0 Å². The predicted molar refractivity (Wildman–Crippen MR) is 93.7 cm³/mol. The van der Waals surface area contributed by atoms with Crippen LogP contribution in [-0.2, 0) is 11.3 Å². The van der Waals surface area contributed by atoms with E-state index < -0.39 is 0 Å². The highest BCUT2D eigenvalue weighted by Crippen LogP contribution is 2.27. The zero-order valence-electron chi connectivity index (χ0n) is 14.1. The van der Waals surface area contributed by atoms with Gasteiger partial charge in [-0.1, -0.05) is 0 Å². The minimum Gasteiger partial charge on any atom is -0.376 e. The number of rotatable bonds is 5. The number of H-pyrrole nitrogens is 1. The van der Waals surface area contributed by atoms with Gasteiger partial charge in [0, 0.05) is 13.2 Å². The number of ether oxygens (including phenoxy) is 1. The van der Waals surface area contributed by atoms with Crippen LogP contribution in [0.3, 0.4) is 0 Å². The Bertz CT molecular complexity index is 805. The second-order valence-corrected chi connectivity index (χ2v) is 7.33. The lowest BCUT2D eigenvalue weighted by atomic mass is 10.2. The summed E-state index contributed by atoms with van der Waals surface area (Å²) >= 11 is 1.27. The largest absolute Gasteiger partial charge is 0.376 e. The average molecular weight is 350 g/mol. The fourth-order valence-corrected chi connectivity index (χ4v) is 3.99. The monoisotopic (exact) mass is 350 g/mol. The van der Waals surface area contributed by atoms with Crippen molar-refractivity contribution < 1.29 is 9.53 Å². The van der Waals surface area contributed by atoms with Crippen molar-refractivity contribution >= 4 is 27.5 Å². The summed E-state index contributed by atoms with van der Waals surface area (Å²) < 4.78 is 5.52. The van der Waals surface area contributed by atoms with Gasteiger partial charge in [-0.25, -0.2) is 4.98 Å². The molecule has 24 heavy (non-hydrogen) atoms. The molecule has 1 aliphatic heterocycles. The smallest absolute Gasteiger partial charge is 0.261 e. The molecule has 2 aromatic heterocycles. The maximum Gasteiger partial charge on any atom is 0.261 e. The molecule has 0 bridgehead atoms. The van der Waals surface area contributed by atoms with Gasteiger partial charge in [-0.3, -0.25) is 9.59 Å². The molecule has 0 spiro atoms. The Morgan fingerprint density at radius 2 is 2.29 bits per heavy atom. The van der Waals surface area contributed by atoms with E-state index in [1.165, 1.54) is 11.3 Å². The van der Waals surface area contributed by atoms with E-state index in [9.17, 15) is 9.59 Å². The lowest BCUT2D eigenvalue weighted by molar-refractivity contribution is 0.0860. The molecule has 0 saturated carbocycles.